The lowest BCUT2D eigenvalue weighted by molar-refractivity contribution is 0.0341. The normalized spacial score (nSPS) is 15.4. The second kappa shape index (κ2) is 11.0. The minimum atomic E-state index is 0.495. The number of pyridine rings is 1. The summed E-state index contributed by atoms with van der Waals surface area (Å²) in [7, 11) is 0. The molecule has 0 aliphatic carbocycles. The quantitative estimate of drug-likeness (QED) is 0.424. The zero-order valence-corrected chi connectivity index (χ0v) is 17.1. The van der Waals surface area contributed by atoms with Gasteiger partial charge in [-0.1, -0.05) is 41.9 Å². The number of hydrogen-bond acceptors (Lipinski definition) is 4. The first kappa shape index (κ1) is 20.6. The van der Waals surface area contributed by atoms with E-state index in [4.69, 9.17) is 16.3 Å². The van der Waals surface area contributed by atoms with Gasteiger partial charge in [-0.15, -0.1) is 0 Å². The number of hydrogen-bond donors (Lipinski definition) is 2. The molecule has 1 aromatic heterocycles. The molecule has 2 heterocycles. The van der Waals surface area contributed by atoms with Crippen molar-refractivity contribution in [2.75, 3.05) is 32.8 Å². The molecule has 0 spiro atoms. The Morgan fingerprint density at radius 1 is 1.14 bits per heavy atom. The summed E-state index contributed by atoms with van der Waals surface area (Å²) in [5.41, 5.74) is 3.65. The molecular weight excluding hydrogens is 374 g/mol. The van der Waals surface area contributed by atoms with Crippen LogP contribution in [-0.4, -0.2) is 48.7 Å². The van der Waals surface area contributed by atoms with Crippen LogP contribution in [0.1, 0.15) is 23.6 Å². The maximum atomic E-state index is 5.84. The third-order valence-electron chi connectivity index (χ3n) is 4.61. The van der Waals surface area contributed by atoms with Crippen LogP contribution in [0.25, 0.3) is 0 Å². The van der Waals surface area contributed by atoms with Crippen LogP contribution >= 0.6 is 11.6 Å². The Hall–Kier alpha value is -2.15. The van der Waals surface area contributed by atoms with E-state index in [0.717, 1.165) is 57.5 Å². The highest BCUT2D eigenvalue weighted by Gasteiger charge is 2.12. The minimum absolute atomic E-state index is 0.495. The van der Waals surface area contributed by atoms with E-state index < -0.39 is 0 Å². The lowest BCUT2D eigenvalue weighted by Crippen LogP contribution is -2.38. The summed E-state index contributed by atoms with van der Waals surface area (Å²) in [5.74, 6) is 0.790. The summed E-state index contributed by atoms with van der Waals surface area (Å²) < 4.78 is 5.45. The van der Waals surface area contributed by atoms with Gasteiger partial charge >= 0.3 is 0 Å². The molecule has 150 valence electrons. The van der Waals surface area contributed by atoms with E-state index in [2.05, 4.69) is 56.7 Å². The van der Waals surface area contributed by atoms with Crippen LogP contribution in [0, 0.1) is 0 Å². The molecule has 6 nitrogen and oxygen atoms in total. The number of nitrogens with zero attached hydrogens (tertiary/aromatic N) is 3. The Morgan fingerprint density at radius 2 is 1.93 bits per heavy atom. The molecule has 1 saturated heterocycles. The van der Waals surface area contributed by atoms with Crippen molar-refractivity contribution in [3.8, 4) is 0 Å². The number of aromatic nitrogens is 1. The first-order valence-corrected chi connectivity index (χ1v) is 10.1. The van der Waals surface area contributed by atoms with Crippen LogP contribution in [0.2, 0.25) is 5.15 Å². The molecule has 0 saturated carbocycles. The zero-order valence-electron chi connectivity index (χ0n) is 16.3. The van der Waals surface area contributed by atoms with Crippen molar-refractivity contribution in [2.24, 2.45) is 4.99 Å². The fourth-order valence-corrected chi connectivity index (χ4v) is 3.19. The molecule has 28 heavy (non-hydrogen) atoms. The Bertz CT molecular complexity index is 760. The summed E-state index contributed by atoms with van der Waals surface area (Å²) in [6, 6.07) is 12.3. The van der Waals surface area contributed by atoms with Crippen molar-refractivity contribution in [1.82, 2.24) is 20.5 Å². The molecule has 7 heteroatoms. The number of morpholine rings is 1. The summed E-state index contributed by atoms with van der Waals surface area (Å²) in [4.78, 5) is 11.2. The molecule has 1 aliphatic heterocycles. The van der Waals surface area contributed by atoms with Crippen molar-refractivity contribution in [2.45, 2.75) is 26.6 Å². The number of halogens is 1. The van der Waals surface area contributed by atoms with E-state index in [0.29, 0.717) is 11.7 Å². The highest BCUT2D eigenvalue weighted by atomic mass is 35.5. The van der Waals surface area contributed by atoms with Gasteiger partial charge in [-0.2, -0.15) is 0 Å². The molecule has 1 fully saturated rings. The number of aliphatic imine (C=N–C) groups is 1. The first-order valence-electron chi connectivity index (χ1n) is 9.74. The van der Waals surface area contributed by atoms with Gasteiger partial charge in [0.05, 0.1) is 19.8 Å². The average molecular weight is 402 g/mol. The molecule has 0 unspecified atom stereocenters. The standard InChI is InChI=1S/C21H28ClN5O/c1-2-23-21(25-14-17-7-8-20(22)24-13-17)26-15-18-5-3-4-6-19(18)16-27-9-11-28-12-10-27/h3-8,13H,2,9-12,14-16H2,1H3,(H2,23,25,26). The number of guanidine groups is 1. The molecule has 3 rings (SSSR count). The van der Waals surface area contributed by atoms with Crippen LogP contribution in [-0.2, 0) is 24.4 Å². The fraction of sp³-hybridized carbons (Fsp3) is 0.429. The zero-order chi connectivity index (χ0) is 19.6. The van der Waals surface area contributed by atoms with Gasteiger partial charge in [0.2, 0.25) is 0 Å². The third kappa shape index (κ3) is 6.48. The van der Waals surface area contributed by atoms with Gasteiger partial charge in [0, 0.05) is 38.9 Å². The molecule has 2 aromatic rings. The minimum Gasteiger partial charge on any atom is -0.379 e. The second-order valence-corrected chi connectivity index (χ2v) is 7.08. The molecule has 1 aliphatic rings. The van der Waals surface area contributed by atoms with Gasteiger partial charge in [0.15, 0.2) is 5.96 Å². The predicted molar refractivity (Wildman–Crippen MR) is 113 cm³/mol. The van der Waals surface area contributed by atoms with E-state index in [1.165, 1.54) is 11.1 Å². The number of benzene rings is 1. The number of ether oxygens (including phenoxy) is 1. The van der Waals surface area contributed by atoms with Crippen molar-refractivity contribution >= 4 is 17.6 Å². The molecule has 0 radical (unpaired) electrons. The van der Waals surface area contributed by atoms with E-state index in [-0.39, 0.29) is 0 Å². The van der Waals surface area contributed by atoms with Crippen LogP contribution < -0.4 is 10.6 Å². The van der Waals surface area contributed by atoms with Crippen LogP contribution in [0.4, 0.5) is 0 Å². The van der Waals surface area contributed by atoms with Gasteiger partial charge in [0.25, 0.3) is 0 Å². The summed E-state index contributed by atoms with van der Waals surface area (Å²) in [6.45, 7) is 8.70. The molecule has 0 bridgehead atoms. The van der Waals surface area contributed by atoms with E-state index in [1.54, 1.807) is 12.3 Å². The molecular formula is C21H28ClN5O. The Labute approximate surface area is 172 Å². The maximum Gasteiger partial charge on any atom is 0.191 e. The predicted octanol–water partition coefficient (Wildman–Crippen LogP) is 2.82. The van der Waals surface area contributed by atoms with Crippen molar-refractivity contribution in [3.05, 3.63) is 64.4 Å². The van der Waals surface area contributed by atoms with Gasteiger partial charge in [0.1, 0.15) is 5.15 Å². The lowest BCUT2D eigenvalue weighted by atomic mass is 10.1. The summed E-state index contributed by atoms with van der Waals surface area (Å²) >= 11 is 5.84. The first-order chi connectivity index (χ1) is 13.7. The van der Waals surface area contributed by atoms with Crippen LogP contribution in [0.15, 0.2) is 47.6 Å². The highest BCUT2D eigenvalue weighted by Crippen LogP contribution is 2.13. The largest absolute Gasteiger partial charge is 0.379 e. The maximum absolute atomic E-state index is 5.84. The monoisotopic (exact) mass is 401 g/mol. The fourth-order valence-electron chi connectivity index (χ4n) is 3.08. The van der Waals surface area contributed by atoms with Crippen molar-refractivity contribution < 1.29 is 4.74 Å². The number of rotatable bonds is 7. The van der Waals surface area contributed by atoms with Crippen LogP contribution in [0.3, 0.4) is 0 Å². The van der Waals surface area contributed by atoms with Gasteiger partial charge < -0.3 is 15.4 Å². The SMILES string of the molecule is CCNC(=NCc1ccc(Cl)nc1)NCc1ccccc1CN1CCOCC1. The Balaban J connectivity index is 1.61. The molecule has 0 atom stereocenters. The smallest absolute Gasteiger partial charge is 0.191 e. The highest BCUT2D eigenvalue weighted by molar-refractivity contribution is 6.29. The van der Waals surface area contributed by atoms with E-state index in [1.807, 2.05) is 6.07 Å². The molecule has 1 aromatic carbocycles. The summed E-state index contributed by atoms with van der Waals surface area (Å²) in [6.07, 6.45) is 1.76. The molecule has 2 N–H and O–H groups in total. The lowest BCUT2D eigenvalue weighted by Gasteiger charge is -2.27. The van der Waals surface area contributed by atoms with E-state index in [9.17, 15) is 0 Å². The van der Waals surface area contributed by atoms with Gasteiger partial charge in [-0.05, 0) is 29.7 Å². The van der Waals surface area contributed by atoms with Crippen molar-refractivity contribution in [3.63, 3.8) is 0 Å². The van der Waals surface area contributed by atoms with Crippen LogP contribution in [0.5, 0.6) is 0 Å². The second-order valence-electron chi connectivity index (χ2n) is 6.70. The summed E-state index contributed by atoms with van der Waals surface area (Å²) in [5, 5.41) is 7.24. The third-order valence-corrected chi connectivity index (χ3v) is 4.84. The van der Waals surface area contributed by atoms with Crippen molar-refractivity contribution in [1.29, 1.82) is 0 Å². The van der Waals surface area contributed by atoms with Gasteiger partial charge in [-0.3, -0.25) is 4.90 Å². The Morgan fingerprint density at radius 3 is 2.64 bits per heavy atom. The topological polar surface area (TPSA) is 61.8 Å². The Kier molecular flexibility index (Phi) is 8.08. The van der Waals surface area contributed by atoms with E-state index >= 15 is 0 Å². The average Bonchev–Trinajstić information content (AvgIpc) is 2.73. The number of nitrogens with one attached hydrogen (secondary N) is 2. The van der Waals surface area contributed by atoms with Gasteiger partial charge in [-0.25, -0.2) is 9.98 Å². The molecule has 0 amide bonds.